The van der Waals surface area contributed by atoms with Crippen LogP contribution in [0.3, 0.4) is 0 Å². The van der Waals surface area contributed by atoms with Crippen LogP contribution in [0, 0.1) is 0 Å². The molecule has 20 heavy (non-hydrogen) atoms. The van der Waals surface area contributed by atoms with E-state index >= 15 is 0 Å². The van der Waals surface area contributed by atoms with Crippen LogP contribution in [-0.2, 0) is 4.74 Å². The van der Waals surface area contributed by atoms with E-state index in [0.29, 0.717) is 0 Å². The molecule has 0 saturated heterocycles. The lowest BCUT2D eigenvalue weighted by Crippen LogP contribution is -2.04. The van der Waals surface area contributed by atoms with Gasteiger partial charge in [-0.25, -0.2) is 18.3 Å². The Morgan fingerprint density at radius 3 is 2.90 bits per heavy atom. The minimum atomic E-state index is -2.69. The fourth-order valence-electron chi connectivity index (χ4n) is 1.73. The van der Waals surface area contributed by atoms with Crippen molar-refractivity contribution in [2.24, 2.45) is 0 Å². The summed E-state index contributed by atoms with van der Waals surface area (Å²) in [5.41, 5.74) is 5.86. The van der Waals surface area contributed by atoms with Crippen LogP contribution in [0.5, 0.6) is 0 Å². The van der Waals surface area contributed by atoms with Crippen molar-refractivity contribution in [2.75, 3.05) is 12.3 Å². The van der Waals surface area contributed by atoms with Gasteiger partial charge in [-0.15, -0.1) is 0 Å². The van der Waals surface area contributed by atoms with Gasteiger partial charge in [-0.05, 0) is 25.1 Å². The first-order valence-corrected chi connectivity index (χ1v) is 5.92. The van der Waals surface area contributed by atoms with Crippen molar-refractivity contribution in [1.29, 1.82) is 0 Å². The Bertz CT molecular complexity index is 626. The van der Waals surface area contributed by atoms with Crippen molar-refractivity contribution in [3.8, 4) is 5.69 Å². The number of nitrogens with zero attached hydrogens (tertiary/aromatic N) is 2. The van der Waals surface area contributed by atoms with Gasteiger partial charge in [0.05, 0.1) is 24.1 Å². The van der Waals surface area contributed by atoms with E-state index < -0.39 is 12.4 Å². The number of alkyl halides is 2. The average Bonchev–Trinajstić information content (AvgIpc) is 2.88. The standard InChI is InChI=1S/C13H13F2N3O2/c1-2-20-13(19)8-6-17-18(7-8)11-4-3-9(16)5-10(11)12(14)15/h3-7,12H,2,16H2,1H3. The Kier molecular flexibility index (Phi) is 3.97. The van der Waals surface area contributed by atoms with Gasteiger partial charge >= 0.3 is 5.97 Å². The quantitative estimate of drug-likeness (QED) is 0.690. The number of benzene rings is 1. The van der Waals surface area contributed by atoms with Crippen LogP contribution in [0.4, 0.5) is 14.5 Å². The Balaban J connectivity index is 2.40. The first kappa shape index (κ1) is 14.0. The van der Waals surface area contributed by atoms with Gasteiger partial charge in [-0.3, -0.25) is 0 Å². The normalized spacial score (nSPS) is 10.8. The molecule has 5 nitrogen and oxygen atoms in total. The number of carbonyl (C=O) groups is 1. The highest BCUT2D eigenvalue weighted by Gasteiger charge is 2.17. The number of hydrogen-bond acceptors (Lipinski definition) is 4. The van der Waals surface area contributed by atoms with E-state index in [-0.39, 0.29) is 29.1 Å². The van der Waals surface area contributed by atoms with Crippen LogP contribution in [0.25, 0.3) is 5.69 Å². The van der Waals surface area contributed by atoms with Crippen LogP contribution < -0.4 is 5.73 Å². The number of hydrogen-bond donors (Lipinski definition) is 1. The average molecular weight is 281 g/mol. The zero-order valence-electron chi connectivity index (χ0n) is 10.7. The minimum Gasteiger partial charge on any atom is -0.462 e. The summed E-state index contributed by atoms with van der Waals surface area (Å²) in [6.45, 7) is 1.91. The molecule has 106 valence electrons. The van der Waals surface area contributed by atoms with Gasteiger partial charge in [0.1, 0.15) is 0 Å². The van der Waals surface area contributed by atoms with Crippen LogP contribution in [-0.4, -0.2) is 22.4 Å². The Labute approximate surface area is 114 Å². The molecule has 2 rings (SSSR count). The van der Waals surface area contributed by atoms with Gasteiger partial charge in [0, 0.05) is 17.4 Å². The van der Waals surface area contributed by atoms with Crippen molar-refractivity contribution in [3.63, 3.8) is 0 Å². The van der Waals surface area contributed by atoms with E-state index in [2.05, 4.69) is 5.10 Å². The summed E-state index contributed by atoms with van der Waals surface area (Å²) in [4.78, 5) is 11.5. The van der Waals surface area contributed by atoms with Gasteiger partial charge in [0.2, 0.25) is 0 Å². The maximum Gasteiger partial charge on any atom is 0.341 e. The van der Waals surface area contributed by atoms with Gasteiger partial charge in [0.15, 0.2) is 0 Å². The molecule has 0 atom stereocenters. The second kappa shape index (κ2) is 5.68. The predicted octanol–water partition coefficient (Wildman–Crippen LogP) is 2.57. The molecule has 0 fully saturated rings. The van der Waals surface area contributed by atoms with E-state index in [1.165, 1.54) is 35.3 Å². The Morgan fingerprint density at radius 1 is 1.50 bits per heavy atom. The number of nitrogens with two attached hydrogens (primary N) is 1. The van der Waals surface area contributed by atoms with Crippen LogP contribution >= 0.6 is 0 Å². The van der Waals surface area contributed by atoms with Crippen LogP contribution in [0.15, 0.2) is 30.6 Å². The second-order valence-corrected chi connectivity index (χ2v) is 4.01. The third-order valence-electron chi connectivity index (χ3n) is 2.63. The van der Waals surface area contributed by atoms with E-state index in [4.69, 9.17) is 10.5 Å². The highest BCUT2D eigenvalue weighted by Crippen LogP contribution is 2.27. The molecule has 1 heterocycles. The van der Waals surface area contributed by atoms with Gasteiger partial charge in [0.25, 0.3) is 6.43 Å². The van der Waals surface area contributed by atoms with Crippen molar-refractivity contribution < 1.29 is 18.3 Å². The van der Waals surface area contributed by atoms with Gasteiger partial charge in [-0.1, -0.05) is 0 Å². The number of carbonyl (C=O) groups excluding carboxylic acids is 1. The molecule has 0 saturated carbocycles. The van der Waals surface area contributed by atoms with Crippen molar-refractivity contribution in [1.82, 2.24) is 9.78 Å². The molecule has 0 bridgehead atoms. The molecule has 0 unspecified atom stereocenters. The monoisotopic (exact) mass is 281 g/mol. The molecule has 0 radical (unpaired) electrons. The fraction of sp³-hybridized carbons (Fsp3) is 0.231. The predicted molar refractivity (Wildman–Crippen MR) is 68.9 cm³/mol. The zero-order valence-corrected chi connectivity index (χ0v) is 10.7. The molecule has 0 aliphatic heterocycles. The zero-order chi connectivity index (χ0) is 14.7. The minimum absolute atomic E-state index is 0.171. The van der Waals surface area contributed by atoms with E-state index in [0.717, 1.165) is 0 Å². The number of nitrogen functional groups attached to an aromatic ring is 1. The largest absolute Gasteiger partial charge is 0.462 e. The molecule has 7 heteroatoms. The van der Waals surface area contributed by atoms with E-state index in [1.54, 1.807) is 6.92 Å². The molecule has 1 aromatic carbocycles. The lowest BCUT2D eigenvalue weighted by atomic mass is 10.1. The van der Waals surface area contributed by atoms with Crippen LogP contribution in [0.2, 0.25) is 0 Å². The summed E-state index contributed by atoms with van der Waals surface area (Å²) in [6.07, 6.45) is -0.0809. The summed E-state index contributed by atoms with van der Waals surface area (Å²) < 4.78 is 32.0. The highest BCUT2D eigenvalue weighted by atomic mass is 19.3. The van der Waals surface area contributed by atoms with Crippen molar-refractivity contribution in [2.45, 2.75) is 13.3 Å². The lowest BCUT2D eigenvalue weighted by molar-refractivity contribution is 0.0526. The number of aromatic nitrogens is 2. The molecular weight excluding hydrogens is 268 g/mol. The number of rotatable bonds is 4. The molecule has 0 aliphatic carbocycles. The third kappa shape index (κ3) is 2.76. The lowest BCUT2D eigenvalue weighted by Gasteiger charge is -2.09. The molecule has 1 aromatic heterocycles. The summed E-state index contributed by atoms with van der Waals surface area (Å²) in [6, 6.07) is 4.11. The van der Waals surface area contributed by atoms with Gasteiger partial charge < -0.3 is 10.5 Å². The smallest absolute Gasteiger partial charge is 0.341 e. The Hall–Kier alpha value is -2.44. The summed E-state index contributed by atoms with van der Waals surface area (Å²) >= 11 is 0. The molecule has 0 amide bonds. The molecule has 0 spiro atoms. The first-order chi connectivity index (χ1) is 9.52. The van der Waals surface area contributed by atoms with E-state index in [1.807, 2.05) is 0 Å². The van der Waals surface area contributed by atoms with Gasteiger partial charge in [-0.2, -0.15) is 5.10 Å². The van der Waals surface area contributed by atoms with Crippen LogP contribution in [0.1, 0.15) is 29.3 Å². The number of anilines is 1. The van der Waals surface area contributed by atoms with E-state index in [9.17, 15) is 13.6 Å². The maximum absolute atomic E-state index is 13.0. The summed E-state index contributed by atoms with van der Waals surface area (Å²) in [5.74, 6) is -0.548. The third-order valence-corrected chi connectivity index (χ3v) is 2.63. The van der Waals surface area contributed by atoms with Crippen molar-refractivity contribution in [3.05, 3.63) is 41.7 Å². The fourth-order valence-corrected chi connectivity index (χ4v) is 1.73. The van der Waals surface area contributed by atoms with Crippen molar-refractivity contribution >= 4 is 11.7 Å². The molecule has 0 aliphatic rings. The molecule has 2 aromatic rings. The molecular formula is C13H13F2N3O2. The number of halogens is 2. The number of esters is 1. The maximum atomic E-state index is 13.0. The summed E-state index contributed by atoms with van der Waals surface area (Å²) in [5, 5.41) is 3.90. The SMILES string of the molecule is CCOC(=O)c1cnn(-c2ccc(N)cc2C(F)F)c1. The number of ether oxygens (including phenoxy) is 1. The Morgan fingerprint density at radius 2 is 2.25 bits per heavy atom. The molecule has 2 N–H and O–H groups in total. The highest BCUT2D eigenvalue weighted by molar-refractivity contribution is 5.88. The summed E-state index contributed by atoms with van der Waals surface area (Å²) in [7, 11) is 0. The second-order valence-electron chi connectivity index (χ2n) is 4.01. The first-order valence-electron chi connectivity index (χ1n) is 5.92. The topological polar surface area (TPSA) is 70.1 Å².